The van der Waals surface area contributed by atoms with Gasteiger partial charge in [0, 0.05) is 3.57 Å². The Bertz CT molecular complexity index is 576. The van der Waals surface area contributed by atoms with Crippen molar-refractivity contribution in [1.29, 1.82) is 0 Å². The van der Waals surface area contributed by atoms with Gasteiger partial charge in [0.1, 0.15) is 5.75 Å². The van der Waals surface area contributed by atoms with E-state index in [1.807, 2.05) is 6.07 Å². The van der Waals surface area contributed by atoms with Gasteiger partial charge in [0.05, 0.1) is 0 Å². The number of rotatable bonds is 3. The lowest BCUT2D eigenvalue weighted by atomic mass is 10.3. The molecule has 2 aromatic rings. The van der Waals surface area contributed by atoms with Gasteiger partial charge in [-0.1, -0.05) is 12.1 Å². The van der Waals surface area contributed by atoms with E-state index in [2.05, 4.69) is 22.6 Å². The van der Waals surface area contributed by atoms with Crippen molar-refractivity contribution in [3.8, 4) is 5.75 Å². The quantitative estimate of drug-likeness (QED) is 0.619. The van der Waals surface area contributed by atoms with Crippen LogP contribution in [0.1, 0.15) is 0 Å². The molecular formula is C10H7IO3S2. The van der Waals surface area contributed by atoms with Crippen molar-refractivity contribution in [3.63, 3.8) is 0 Å². The third kappa shape index (κ3) is 2.74. The standard InChI is InChI=1S/C10H7IO3S2/c11-8-3-1-4-9(7-8)14-16(12,13)10-5-2-6-15-10/h1-7H. The smallest absolute Gasteiger partial charge is 0.348 e. The second kappa shape index (κ2) is 4.72. The Morgan fingerprint density at radius 1 is 1.19 bits per heavy atom. The lowest BCUT2D eigenvalue weighted by Crippen LogP contribution is -2.07. The summed E-state index contributed by atoms with van der Waals surface area (Å²) in [5.41, 5.74) is 0. The maximum absolute atomic E-state index is 11.8. The van der Waals surface area contributed by atoms with Crippen molar-refractivity contribution in [2.75, 3.05) is 0 Å². The first-order valence-electron chi connectivity index (χ1n) is 4.31. The van der Waals surface area contributed by atoms with Gasteiger partial charge in [0.2, 0.25) is 0 Å². The van der Waals surface area contributed by atoms with E-state index in [-0.39, 0.29) is 4.21 Å². The highest BCUT2D eigenvalue weighted by molar-refractivity contribution is 14.1. The lowest BCUT2D eigenvalue weighted by Gasteiger charge is -2.04. The van der Waals surface area contributed by atoms with Gasteiger partial charge in [-0.3, -0.25) is 0 Å². The number of thiophene rings is 1. The molecule has 0 N–H and O–H groups in total. The molecule has 0 atom stereocenters. The van der Waals surface area contributed by atoms with Crippen LogP contribution in [0.25, 0.3) is 0 Å². The molecule has 6 heteroatoms. The maximum atomic E-state index is 11.8. The van der Waals surface area contributed by atoms with Crippen molar-refractivity contribution in [3.05, 3.63) is 45.3 Å². The molecule has 84 valence electrons. The van der Waals surface area contributed by atoms with Gasteiger partial charge in [-0.25, -0.2) is 0 Å². The summed E-state index contributed by atoms with van der Waals surface area (Å²) in [6.07, 6.45) is 0. The molecule has 3 nitrogen and oxygen atoms in total. The van der Waals surface area contributed by atoms with Gasteiger partial charge < -0.3 is 4.18 Å². The number of hydrogen-bond donors (Lipinski definition) is 0. The van der Waals surface area contributed by atoms with Crippen LogP contribution in [0.5, 0.6) is 5.75 Å². The highest BCUT2D eigenvalue weighted by Gasteiger charge is 2.17. The van der Waals surface area contributed by atoms with E-state index >= 15 is 0 Å². The first-order chi connectivity index (χ1) is 7.58. The summed E-state index contributed by atoms with van der Waals surface area (Å²) in [5, 5.41) is 1.70. The Labute approximate surface area is 111 Å². The van der Waals surface area contributed by atoms with Crippen LogP contribution in [0.15, 0.2) is 46.0 Å². The van der Waals surface area contributed by atoms with E-state index < -0.39 is 10.1 Å². The highest BCUT2D eigenvalue weighted by atomic mass is 127. The van der Waals surface area contributed by atoms with E-state index in [4.69, 9.17) is 4.18 Å². The van der Waals surface area contributed by atoms with Gasteiger partial charge in [-0.15, -0.1) is 11.3 Å². The van der Waals surface area contributed by atoms with E-state index in [1.54, 1.807) is 29.6 Å². The molecule has 16 heavy (non-hydrogen) atoms. The van der Waals surface area contributed by atoms with Gasteiger partial charge in [0.15, 0.2) is 4.21 Å². The van der Waals surface area contributed by atoms with Crippen molar-refractivity contribution in [1.82, 2.24) is 0 Å². The molecule has 0 aliphatic carbocycles. The molecule has 0 bridgehead atoms. The highest BCUT2D eigenvalue weighted by Crippen LogP contribution is 2.23. The Kier molecular flexibility index (Phi) is 3.50. The second-order valence-electron chi connectivity index (χ2n) is 2.93. The number of benzene rings is 1. The average Bonchev–Trinajstić information content (AvgIpc) is 2.69. The average molecular weight is 366 g/mol. The molecule has 2 rings (SSSR count). The zero-order chi connectivity index (χ0) is 11.6. The van der Waals surface area contributed by atoms with E-state index in [1.165, 1.54) is 6.07 Å². The molecule has 0 fully saturated rings. The molecule has 0 aliphatic heterocycles. The Hall–Kier alpha value is -0.600. The molecule has 1 heterocycles. The fraction of sp³-hybridized carbons (Fsp3) is 0. The molecule has 1 aromatic heterocycles. The van der Waals surface area contributed by atoms with Crippen molar-refractivity contribution < 1.29 is 12.6 Å². The fourth-order valence-electron chi connectivity index (χ4n) is 1.09. The molecule has 0 amide bonds. The lowest BCUT2D eigenvalue weighted by molar-refractivity contribution is 0.488. The normalized spacial score (nSPS) is 11.3. The minimum atomic E-state index is -3.67. The number of halogens is 1. The van der Waals surface area contributed by atoms with Crippen LogP contribution in [-0.4, -0.2) is 8.42 Å². The van der Waals surface area contributed by atoms with E-state index in [0.29, 0.717) is 5.75 Å². The molecule has 0 saturated heterocycles. The van der Waals surface area contributed by atoms with Crippen molar-refractivity contribution in [2.24, 2.45) is 0 Å². The monoisotopic (exact) mass is 366 g/mol. The predicted octanol–water partition coefficient (Wildman–Crippen LogP) is 3.12. The Morgan fingerprint density at radius 3 is 2.62 bits per heavy atom. The zero-order valence-electron chi connectivity index (χ0n) is 7.96. The molecule has 0 spiro atoms. The summed E-state index contributed by atoms with van der Waals surface area (Å²) in [7, 11) is -3.67. The minimum absolute atomic E-state index is 0.214. The summed E-state index contributed by atoms with van der Waals surface area (Å²) in [5.74, 6) is 0.334. The SMILES string of the molecule is O=S(=O)(Oc1cccc(I)c1)c1cccs1. The third-order valence-corrected chi connectivity index (χ3v) is 5.02. The molecule has 0 saturated carbocycles. The van der Waals surface area contributed by atoms with Crippen molar-refractivity contribution >= 4 is 44.0 Å². The molecule has 0 unspecified atom stereocenters. The van der Waals surface area contributed by atoms with Crippen LogP contribution < -0.4 is 4.18 Å². The summed E-state index contributed by atoms with van der Waals surface area (Å²) in [6.45, 7) is 0. The Morgan fingerprint density at radius 2 is 2.00 bits per heavy atom. The largest absolute Gasteiger partial charge is 0.378 e. The van der Waals surface area contributed by atoms with E-state index in [0.717, 1.165) is 14.9 Å². The minimum Gasteiger partial charge on any atom is -0.378 e. The molecule has 0 radical (unpaired) electrons. The Balaban J connectivity index is 2.29. The van der Waals surface area contributed by atoms with Gasteiger partial charge in [0.25, 0.3) is 0 Å². The van der Waals surface area contributed by atoms with Crippen LogP contribution in [-0.2, 0) is 10.1 Å². The topological polar surface area (TPSA) is 43.4 Å². The summed E-state index contributed by atoms with van der Waals surface area (Å²) >= 11 is 3.24. The van der Waals surface area contributed by atoms with Gasteiger partial charge in [-0.05, 0) is 52.2 Å². The predicted molar refractivity (Wildman–Crippen MR) is 71.3 cm³/mol. The van der Waals surface area contributed by atoms with Crippen LogP contribution in [0.2, 0.25) is 0 Å². The van der Waals surface area contributed by atoms with Crippen LogP contribution in [0.3, 0.4) is 0 Å². The summed E-state index contributed by atoms with van der Waals surface area (Å²) < 4.78 is 29.7. The van der Waals surface area contributed by atoms with Crippen molar-refractivity contribution in [2.45, 2.75) is 4.21 Å². The molecule has 1 aromatic carbocycles. The molecule has 0 aliphatic rings. The maximum Gasteiger partial charge on any atom is 0.348 e. The van der Waals surface area contributed by atoms with Crippen LogP contribution >= 0.6 is 33.9 Å². The first kappa shape index (κ1) is 11.9. The van der Waals surface area contributed by atoms with Crippen LogP contribution in [0, 0.1) is 3.57 Å². The summed E-state index contributed by atoms with van der Waals surface area (Å²) in [4.78, 5) is 0. The van der Waals surface area contributed by atoms with Gasteiger partial charge in [-0.2, -0.15) is 8.42 Å². The number of hydrogen-bond acceptors (Lipinski definition) is 4. The molecular weight excluding hydrogens is 359 g/mol. The fourth-order valence-corrected chi connectivity index (χ4v) is 3.48. The zero-order valence-corrected chi connectivity index (χ0v) is 11.8. The van der Waals surface area contributed by atoms with Gasteiger partial charge >= 0.3 is 10.1 Å². The first-order valence-corrected chi connectivity index (χ1v) is 7.68. The third-order valence-electron chi connectivity index (χ3n) is 1.74. The van der Waals surface area contributed by atoms with E-state index in [9.17, 15) is 8.42 Å². The van der Waals surface area contributed by atoms with Crippen LogP contribution in [0.4, 0.5) is 0 Å². The second-order valence-corrected chi connectivity index (χ2v) is 6.89. The summed E-state index contributed by atoms with van der Waals surface area (Å²) in [6, 6.07) is 10.1.